The summed E-state index contributed by atoms with van der Waals surface area (Å²) >= 11 is 5.94. The highest BCUT2D eigenvalue weighted by molar-refractivity contribution is 6.33. The fraction of sp³-hybridized carbons (Fsp3) is 0.462. The summed E-state index contributed by atoms with van der Waals surface area (Å²) in [5, 5.41) is 22.6. The van der Waals surface area contributed by atoms with Crippen molar-refractivity contribution in [3.05, 3.63) is 28.3 Å². The van der Waals surface area contributed by atoms with Crippen molar-refractivity contribution in [2.45, 2.75) is 31.4 Å². The van der Waals surface area contributed by atoms with E-state index in [-0.39, 0.29) is 18.1 Å². The van der Waals surface area contributed by atoms with Gasteiger partial charge >= 0.3 is 0 Å². The number of nitrogens with zero attached hydrogens (tertiary/aromatic N) is 1. The van der Waals surface area contributed by atoms with Crippen LogP contribution in [0, 0.1) is 11.3 Å². The molecule has 19 heavy (non-hydrogen) atoms. The topological polar surface area (TPSA) is 82.1 Å². The third-order valence-electron chi connectivity index (χ3n) is 3.36. The summed E-state index contributed by atoms with van der Waals surface area (Å²) in [5.74, 6) is 0. The summed E-state index contributed by atoms with van der Waals surface area (Å²) in [5.41, 5.74) is 6.86. The zero-order valence-electron chi connectivity index (χ0n) is 10.4. The van der Waals surface area contributed by atoms with Crippen molar-refractivity contribution in [1.82, 2.24) is 5.32 Å². The Labute approximate surface area is 124 Å². The minimum absolute atomic E-state index is 0. The molecule has 0 spiro atoms. The first-order chi connectivity index (χ1) is 8.61. The molecule has 0 aromatic heterocycles. The second-order valence-electron chi connectivity index (χ2n) is 4.63. The van der Waals surface area contributed by atoms with E-state index in [1.165, 1.54) is 19.3 Å². The maximum absolute atomic E-state index is 10.1. The van der Waals surface area contributed by atoms with Crippen LogP contribution < -0.4 is 11.1 Å². The maximum Gasteiger partial charge on any atom is 0.101 e. The number of rotatable bonds is 4. The Morgan fingerprint density at radius 1 is 1.53 bits per heavy atom. The molecule has 104 valence electrons. The van der Waals surface area contributed by atoms with Crippen molar-refractivity contribution in [2.75, 3.05) is 12.3 Å². The lowest BCUT2D eigenvalue weighted by molar-refractivity contribution is 0.161. The Balaban J connectivity index is 0.00000180. The van der Waals surface area contributed by atoms with E-state index < -0.39 is 6.10 Å². The van der Waals surface area contributed by atoms with Crippen LogP contribution in [0.3, 0.4) is 0 Å². The second-order valence-corrected chi connectivity index (χ2v) is 5.03. The summed E-state index contributed by atoms with van der Waals surface area (Å²) in [6, 6.07) is 5.70. The van der Waals surface area contributed by atoms with Gasteiger partial charge in [0.25, 0.3) is 0 Å². The van der Waals surface area contributed by atoms with Gasteiger partial charge < -0.3 is 16.2 Å². The minimum Gasteiger partial charge on any atom is -0.396 e. The Kier molecular flexibility index (Phi) is 5.89. The van der Waals surface area contributed by atoms with Gasteiger partial charge in [0.1, 0.15) is 6.07 Å². The molecule has 1 aromatic carbocycles. The molecule has 1 aliphatic rings. The molecule has 2 rings (SSSR count). The first-order valence-corrected chi connectivity index (χ1v) is 6.40. The van der Waals surface area contributed by atoms with E-state index in [1.54, 1.807) is 12.1 Å². The van der Waals surface area contributed by atoms with Crippen LogP contribution in [-0.4, -0.2) is 17.7 Å². The summed E-state index contributed by atoms with van der Waals surface area (Å²) in [4.78, 5) is 0. The van der Waals surface area contributed by atoms with Crippen LogP contribution in [0.5, 0.6) is 0 Å². The van der Waals surface area contributed by atoms with Gasteiger partial charge in [-0.2, -0.15) is 5.26 Å². The van der Waals surface area contributed by atoms with Crippen LogP contribution in [0.15, 0.2) is 12.1 Å². The Bertz CT molecular complexity index is 484. The molecular weight excluding hydrogens is 285 g/mol. The van der Waals surface area contributed by atoms with E-state index in [4.69, 9.17) is 22.6 Å². The van der Waals surface area contributed by atoms with Crippen LogP contribution in [0.4, 0.5) is 5.69 Å². The number of nitrogens with two attached hydrogens (primary N) is 1. The molecule has 1 atom stereocenters. The van der Waals surface area contributed by atoms with E-state index in [0.29, 0.717) is 28.7 Å². The normalized spacial score (nSPS) is 16.1. The number of hydrogen-bond acceptors (Lipinski definition) is 4. The van der Waals surface area contributed by atoms with Crippen LogP contribution in [-0.2, 0) is 0 Å². The monoisotopic (exact) mass is 301 g/mol. The standard InChI is InChI=1S/C13H16ClN3O.ClH/c14-11-5-8(4-9(6-15)13(11)16)12(18)7-17-10-2-1-3-10;/h4-5,10,12,17-18H,1-3,7,16H2;1H. The predicted molar refractivity (Wildman–Crippen MR) is 78.4 cm³/mol. The largest absolute Gasteiger partial charge is 0.396 e. The fourth-order valence-electron chi connectivity index (χ4n) is 1.93. The zero-order valence-corrected chi connectivity index (χ0v) is 12.0. The third-order valence-corrected chi connectivity index (χ3v) is 3.67. The maximum atomic E-state index is 10.1. The van der Waals surface area contributed by atoms with E-state index in [0.717, 1.165) is 0 Å². The van der Waals surface area contributed by atoms with Gasteiger partial charge in [0.2, 0.25) is 0 Å². The number of aliphatic hydroxyl groups is 1. The molecule has 0 amide bonds. The first kappa shape index (κ1) is 16.1. The summed E-state index contributed by atoms with van der Waals surface area (Å²) in [6.45, 7) is 0.468. The van der Waals surface area contributed by atoms with Gasteiger partial charge in [-0.15, -0.1) is 12.4 Å². The number of nitrogen functional groups attached to an aromatic ring is 1. The third kappa shape index (κ3) is 3.74. The quantitative estimate of drug-likeness (QED) is 0.746. The van der Waals surface area contributed by atoms with E-state index in [9.17, 15) is 5.11 Å². The lowest BCUT2D eigenvalue weighted by Gasteiger charge is -2.27. The SMILES string of the molecule is Cl.N#Cc1cc(C(O)CNC2CCC2)cc(Cl)c1N. The van der Waals surface area contributed by atoms with E-state index in [1.807, 2.05) is 6.07 Å². The molecular formula is C13H17Cl2N3O. The Hall–Kier alpha value is -0.990. The molecule has 4 nitrogen and oxygen atoms in total. The van der Waals surface area contributed by atoms with E-state index >= 15 is 0 Å². The summed E-state index contributed by atoms with van der Waals surface area (Å²) < 4.78 is 0. The van der Waals surface area contributed by atoms with Crippen molar-refractivity contribution < 1.29 is 5.11 Å². The summed E-state index contributed by atoms with van der Waals surface area (Å²) in [6.07, 6.45) is 2.91. The number of halogens is 2. The fourth-order valence-corrected chi connectivity index (χ4v) is 2.16. The smallest absolute Gasteiger partial charge is 0.101 e. The summed E-state index contributed by atoms with van der Waals surface area (Å²) in [7, 11) is 0. The molecule has 6 heteroatoms. The first-order valence-electron chi connectivity index (χ1n) is 6.02. The number of nitriles is 1. The van der Waals surface area contributed by atoms with Gasteiger partial charge in [-0.1, -0.05) is 18.0 Å². The van der Waals surface area contributed by atoms with Crippen LogP contribution in [0.2, 0.25) is 5.02 Å². The van der Waals surface area contributed by atoms with Gasteiger partial charge in [-0.25, -0.2) is 0 Å². The molecule has 0 aliphatic heterocycles. The molecule has 1 unspecified atom stereocenters. The highest BCUT2D eigenvalue weighted by atomic mass is 35.5. The molecule has 1 fully saturated rings. The lowest BCUT2D eigenvalue weighted by Crippen LogP contribution is -2.37. The zero-order chi connectivity index (χ0) is 13.1. The van der Waals surface area contributed by atoms with Crippen LogP contribution >= 0.6 is 24.0 Å². The van der Waals surface area contributed by atoms with Gasteiger partial charge in [-0.05, 0) is 30.5 Å². The molecule has 0 bridgehead atoms. The average molecular weight is 302 g/mol. The van der Waals surface area contributed by atoms with Crippen molar-refractivity contribution in [3.63, 3.8) is 0 Å². The predicted octanol–water partition coefficient (Wildman–Crippen LogP) is 2.39. The highest BCUT2D eigenvalue weighted by Crippen LogP contribution is 2.27. The molecule has 4 N–H and O–H groups in total. The molecule has 0 radical (unpaired) electrons. The van der Waals surface area contributed by atoms with Crippen molar-refractivity contribution in [3.8, 4) is 6.07 Å². The Morgan fingerprint density at radius 2 is 2.21 bits per heavy atom. The van der Waals surface area contributed by atoms with Crippen LogP contribution in [0.25, 0.3) is 0 Å². The van der Waals surface area contributed by atoms with Gasteiger partial charge in [0, 0.05) is 12.6 Å². The number of hydrogen-bond donors (Lipinski definition) is 3. The second kappa shape index (κ2) is 6.97. The van der Waals surface area contributed by atoms with Crippen LogP contribution in [0.1, 0.15) is 36.5 Å². The Morgan fingerprint density at radius 3 is 2.74 bits per heavy atom. The van der Waals surface area contributed by atoms with Gasteiger partial charge in [0.15, 0.2) is 0 Å². The molecule has 1 saturated carbocycles. The molecule has 0 heterocycles. The van der Waals surface area contributed by atoms with E-state index in [2.05, 4.69) is 5.32 Å². The van der Waals surface area contributed by atoms with Crippen molar-refractivity contribution >= 4 is 29.7 Å². The minimum atomic E-state index is -0.671. The van der Waals surface area contributed by atoms with Gasteiger partial charge in [0.05, 0.1) is 22.4 Å². The highest BCUT2D eigenvalue weighted by Gasteiger charge is 2.19. The number of benzene rings is 1. The van der Waals surface area contributed by atoms with Crippen molar-refractivity contribution in [2.24, 2.45) is 0 Å². The van der Waals surface area contributed by atoms with Gasteiger partial charge in [-0.3, -0.25) is 0 Å². The molecule has 1 aliphatic carbocycles. The number of aliphatic hydroxyl groups excluding tert-OH is 1. The van der Waals surface area contributed by atoms with Crippen molar-refractivity contribution in [1.29, 1.82) is 5.26 Å². The number of anilines is 1. The number of nitrogens with one attached hydrogen (secondary N) is 1. The average Bonchev–Trinajstić information content (AvgIpc) is 2.30. The molecule has 0 saturated heterocycles. The molecule has 1 aromatic rings. The lowest BCUT2D eigenvalue weighted by atomic mass is 9.93.